The summed E-state index contributed by atoms with van der Waals surface area (Å²) in [7, 11) is 0. The second kappa shape index (κ2) is 3.68. The summed E-state index contributed by atoms with van der Waals surface area (Å²) < 4.78 is 23.3. The van der Waals surface area contributed by atoms with Gasteiger partial charge in [0, 0.05) is 5.38 Å². The van der Waals surface area contributed by atoms with Crippen LogP contribution in [0, 0.1) is 0 Å². The Morgan fingerprint density at radius 1 is 1.60 bits per heavy atom. The molecule has 0 aliphatic carbocycles. The van der Waals surface area contributed by atoms with Gasteiger partial charge in [-0.1, -0.05) is 0 Å². The van der Waals surface area contributed by atoms with E-state index in [-0.39, 0.29) is 23.2 Å². The van der Waals surface area contributed by atoms with Crippen LogP contribution in [-0.2, 0) is 0 Å². The molecule has 1 rings (SSSR count). The second-order valence-corrected chi connectivity index (χ2v) is 2.30. The van der Waals surface area contributed by atoms with Crippen LogP contribution in [0.2, 0.25) is 0 Å². The molecule has 0 aliphatic heterocycles. The normalized spacial score (nSPS) is 9.50. The maximum atomic E-state index is 11.7. The van der Waals surface area contributed by atoms with E-state index >= 15 is 0 Å². The minimum Gasteiger partial charge on any atom is -0.375 e. The quantitative estimate of drug-likeness (QED) is 0.730. The van der Waals surface area contributed by atoms with Crippen LogP contribution < -0.4 is 5.73 Å². The van der Waals surface area contributed by atoms with E-state index in [1.165, 1.54) is 5.38 Å². The number of alkyl halides is 2. The number of thiazole rings is 1. The van der Waals surface area contributed by atoms with E-state index in [2.05, 4.69) is 4.98 Å². The van der Waals surface area contributed by atoms with Crippen LogP contribution in [0.4, 0.5) is 13.9 Å². The van der Waals surface area contributed by atoms with Crippen molar-refractivity contribution in [2.45, 2.75) is 6.43 Å². The molecule has 0 fully saturated rings. The monoisotopic (exact) mass is 186 g/mol. The van der Waals surface area contributed by atoms with Crippen LogP contribution in [0.3, 0.4) is 0 Å². The maximum absolute atomic E-state index is 11.7. The number of hydrogen-bond acceptors (Lipinski definition) is 3. The van der Waals surface area contributed by atoms with Crippen LogP contribution in [-0.4, -0.2) is 4.98 Å². The van der Waals surface area contributed by atoms with Gasteiger partial charge in [0.2, 0.25) is 0 Å². The standard InChI is InChI=1S/C4H4F2N2S.ClH/c5-3(6)2-1-9-4(7)8-2;/h1,3H,(H2,7,8);1H. The first-order valence-electron chi connectivity index (χ1n) is 2.19. The van der Waals surface area contributed by atoms with Gasteiger partial charge in [-0.2, -0.15) is 0 Å². The average molecular weight is 187 g/mol. The lowest BCUT2D eigenvalue weighted by atomic mass is 10.5. The first-order chi connectivity index (χ1) is 4.20. The SMILES string of the molecule is Cl.Nc1nc(C(F)F)cs1. The average Bonchev–Trinajstić information content (AvgIpc) is 2.14. The highest BCUT2D eigenvalue weighted by Crippen LogP contribution is 2.21. The number of nitrogens with two attached hydrogens (primary N) is 1. The zero-order valence-corrected chi connectivity index (χ0v) is 6.38. The molecule has 0 aromatic carbocycles. The van der Waals surface area contributed by atoms with Gasteiger partial charge in [-0.15, -0.1) is 23.7 Å². The Kier molecular flexibility index (Phi) is 3.52. The molecule has 0 spiro atoms. The lowest BCUT2D eigenvalue weighted by molar-refractivity contribution is 0.147. The van der Waals surface area contributed by atoms with Crippen molar-refractivity contribution in [3.63, 3.8) is 0 Å². The van der Waals surface area contributed by atoms with Crippen molar-refractivity contribution in [2.24, 2.45) is 0 Å². The van der Waals surface area contributed by atoms with E-state index < -0.39 is 6.43 Å². The number of rotatable bonds is 1. The summed E-state index contributed by atoms with van der Waals surface area (Å²) in [6.07, 6.45) is -2.50. The van der Waals surface area contributed by atoms with Gasteiger partial charge in [-0.05, 0) is 0 Å². The first-order valence-corrected chi connectivity index (χ1v) is 3.07. The molecular weight excluding hydrogens is 182 g/mol. The zero-order valence-electron chi connectivity index (χ0n) is 4.75. The molecule has 0 atom stereocenters. The molecular formula is C4H5ClF2N2S. The molecule has 1 aromatic heterocycles. The highest BCUT2D eigenvalue weighted by Gasteiger charge is 2.09. The Hall–Kier alpha value is -0.420. The Morgan fingerprint density at radius 3 is 2.40 bits per heavy atom. The van der Waals surface area contributed by atoms with Gasteiger partial charge >= 0.3 is 0 Å². The van der Waals surface area contributed by atoms with Crippen molar-refractivity contribution in [1.29, 1.82) is 0 Å². The molecule has 0 aliphatic rings. The highest BCUT2D eigenvalue weighted by molar-refractivity contribution is 7.13. The van der Waals surface area contributed by atoms with Gasteiger partial charge in [0.05, 0.1) is 0 Å². The van der Waals surface area contributed by atoms with Gasteiger partial charge in [-0.3, -0.25) is 0 Å². The Bertz CT molecular complexity index is 203. The van der Waals surface area contributed by atoms with Crippen molar-refractivity contribution in [2.75, 3.05) is 5.73 Å². The molecule has 10 heavy (non-hydrogen) atoms. The number of halogens is 3. The van der Waals surface area contributed by atoms with Crippen molar-refractivity contribution >= 4 is 28.9 Å². The molecule has 6 heteroatoms. The minimum absolute atomic E-state index is 0. The molecule has 0 bridgehead atoms. The maximum Gasteiger partial charge on any atom is 0.281 e. The molecule has 2 nitrogen and oxygen atoms in total. The van der Waals surface area contributed by atoms with E-state index in [0.717, 1.165) is 11.3 Å². The fraction of sp³-hybridized carbons (Fsp3) is 0.250. The molecule has 1 aromatic rings. The summed E-state index contributed by atoms with van der Waals surface area (Å²) in [6.45, 7) is 0. The van der Waals surface area contributed by atoms with Gasteiger partial charge in [0.1, 0.15) is 5.69 Å². The predicted molar refractivity (Wildman–Crippen MR) is 38.7 cm³/mol. The van der Waals surface area contributed by atoms with Gasteiger partial charge in [-0.25, -0.2) is 13.8 Å². The van der Waals surface area contributed by atoms with Gasteiger partial charge in [0.15, 0.2) is 5.13 Å². The van der Waals surface area contributed by atoms with Crippen molar-refractivity contribution in [3.05, 3.63) is 11.1 Å². The lowest BCUT2D eigenvalue weighted by Gasteiger charge is -1.87. The Morgan fingerprint density at radius 2 is 2.20 bits per heavy atom. The topological polar surface area (TPSA) is 38.9 Å². The van der Waals surface area contributed by atoms with Crippen LogP contribution in [0.25, 0.3) is 0 Å². The summed E-state index contributed by atoms with van der Waals surface area (Å²) >= 11 is 1.02. The first kappa shape index (κ1) is 9.58. The third-order valence-electron chi connectivity index (χ3n) is 0.763. The fourth-order valence-electron chi connectivity index (χ4n) is 0.401. The van der Waals surface area contributed by atoms with Crippen LogP contribution in [0.1, 0.15) is 12.1 Å². The molecule has 0 radical (unpaired) electrons. The minimum atomic E-state index is -2.50. The van der Waals surface area contributed by atoms with E-state index in [0.29, 0.717) is 0 Å². The molecule has 58 valence electrons. The number of anilines is 1. The highest BCUT2D eigenvalue weighted by atomic mass is 35.5. The van der Waals surface area contributed by atoms with Crippen molar-refractivity contribution in [3.8, 4) is 0 Å². The van der Waals surface area contributed by atoms with E-state index in [4.69, 9.17) is 5.73 Å². The van der Waals surface area contributed by atoms with Crippen molar-refractivity contribution in [1.82, 2.24) is 4.98 Å². The number of nitrogen functional groups attached to an aromatic ring is 1. The molecule has 2 N–H and O–H groups in total. The predicted octanol–water partition coefficient (Wildman–Crippen LogP) is 2.08. The second-order valence-electron chi connectivity index (χ2n) is 1.41. The van der Waals surface area contributed by atoms with E-state index in [9.17, 15) is 8.78 Å². The smallest absolute Gasteiger partial charge is 0.281 e. The molecule has 0 unspecified atom stereocenters. The zero-order chi connectivity index (χ0) is 6.85. The van der Waals surface area contributed by atoms with E-state index in [1.807, 2.05) is 0 Å². The summed E-state index contributed by atoms with van der Waals surface area (Å²) in [5.74, 6) is 0. The third-order valence-corrected chi connectivity index (χ3v) is 1.46. The van der Waals surface area contributed by atoms with Crippen LogP contribution in [0.5, 0.6) is 0 Å². The van der Waals surface area contributed by atoms with Gasteiger partial charge in [0.25, 0.3) is 6.43 Å². The third kappa shape index (κ3) is 2.07. The van der Waals surface area contributed by atoms with E-state index in [1.54, 1.807) is 0 Å². The largest absolute Gasteiger partial charge is 0.375 e. The van der Waals surface area contributed by atoms with Crippen LogP contribution >= 0.6 is 23.7 Å². The molecule has 1 heterocycles. The molecule has 0 saturated carbocycles. The fourth-order valence-corrected chi connectivity index (χ4v) is 0.956. The number of hydrogen-bond donors (Lipinski definition) is 1. The number of nitrogens with zero attached hydrogens (tertiary/aromatic N) is 1. The summed E-state index contributed by atoms with van der Waals surface area (Å²) in [5.41, 5.74) is 4.85. The van der Waals surface area contributed by atoms with Gasteiger partial charge < -0.3 is 5.73 Å². The van der Waals surface area contributed by atoms with Crippen LogP contribution in [0.15, 0.2) is 5.38 Å². The van der Waals surface area contributed by atoms with Crippen molar-refractivity contribution < 1.29 is 8.78 Å². The number of aromatic nitrogens is 1. The Balaban J connectivity index is 0.000000810. The molecule has 0 amide bonds. The lowest BCUT2D eigenvalue weighted by Crippen LogP contribution is -1.85. The summed E-state index contributed by atoms with van der Waals surface area (Å²) in [5, 5.41) is 1.44. The molecule has 0 saturated heterocycles. The summed E-state index contributed by atoms with van der Waals surface area (Å²) in [6, 6.07) is 0. The summed E-state index contributed by atoms with van der Waals surface area (Å²) in [4.78, 5) is 3.36. The Labute approximate surface area is 66.5 Å².